The predicted octanol–water partition coefficient (Wildman–Crippen LogP) is 6.95. The zero-order valence-electron chi connectivity index (χ0n) is 19.3. The summed E-state index contributed by atoms with van der Waals surface area (Å²) >= 11 is 0. The topological polar surface area (TPSA) is 32.7 Å². The highest BCUT2D eigenvalue weighted by Crippen LogP contribution is 2.45. The zero-order valence-corrected chi connectivity index (χ0v) is 19.3. The predicted molar refractivity (Wildman–Crippen MR) is 131 cm³/mol. The molecule has 2 unspecified atom stereocenters. The Kier molecular flexibility index (Phi) is 7.29. The van der Waals surface area contributed by atoms with E-state index < -0.39 is 5.60 Å². The molecule has 1 aliphatic carbocycles. The third-order valence-electron chi connectivity index (χ3n) is 6.87. The molecule has 2 atom stereocenters. The van der Waals surface area contributed by atoms with Crippen molar-refractivity contribution in [1.29, 1.82) is 0 Å². The van der Waals surface area contributed by atoms with Crippen LogP contribution in [0.15, 0.2) is 84.9 Å². The second kappa shape index (κ2) is 10.3. The Bertz CT molecular complexity index is 965. The van der Waals surface area contributed by atoms with E-state index in [4.69, 9.17) is 4.74 Å². The van der Waals surface area contributed by atoms with Crippen LogP contribution in [0.2, 0.25) is 0 Å². The molecule has 0 saturated heterocycles. The molecule has 3 aromatic carbocycles. The molecule has 3 heteroatoms. The van der Waals surface area contributed by atoms with Gasteiger partial charge in [-0.1, -0.05) is 79.9 Å². The summed E-state index contributed by atoms with van der Waals surface area (Å²) < 4.78 is 6.11. The first-order chi connectivity index (χ1) is 15.5. The van der Waals surface area contributed by atoms with Crippen molar-refractivity contribution in [2.45, 2.75) is 56.1 Å². The summed E-state index contributed by atoms with van der Waals surface area (Å²) in [6.07, 6.45) is 6.05. The van der Waals surface area contributed by atoms with Crippen LogP contribution < -0.4 is 4.74 Å². The fraction of sp³-hybridized carbons (Fsp3) is 0.379. The van der Waals surface area contributed by atoms with Crippen molar-refractivity contribution in [3.05, 3.63) is 96.1 Å². The quantitative estimate of drug-likeness (QED) is 0.420. The minimum Gasteiger partial charge on any atom is -0.457 e. The van der Waals surface area contributed by atoms with E-state index in [0.717, 1.165) is 43.6 Å². The molecule has 0 radical (unpaired) electrons. The molecule has 0 aromatic heterocycles. The highest BCUT2D eigenvalue weighted by molar-refractivity contribution is 5.36. The van der Waals surface area contributed by atoms with Crippen LogP contribution in [-0.4, -0.2) is 29.7 Å². The van der Waals surface area contributed by atoms with Gasteiger partial charge in [0.05, 0.1) is 5.60 Å². The largest absolute Gasteiger partial charge is 0.457 e. The molecule has 3 nitrogen and oxygen atoms in total. The maximum absolute atomic E-state index is 11.8. The molecule has 1 aliphatic rings. The molecule has 1 fully saturated rings. The van der Waals surface area contributed by atoms with Crippen molar-refractivity contribution in [2.75, 3.05) is 14.1 Å². The Hall–Kier alpha value is -2.62. The first kappa shape index (κ1) is 22.6. The number of hydrogen-bond acceptors (Lipinski definition) is 3. The second-order valence-corrected chi connectivity index (χ2v) is 9.33. The van der Waals surface area contributed by atoms with Crippen molar-refractivity contribution >= 4 is 0 Å². The van der Waals surface area contributed by atoms with Crippen LogP contribution in [0.1, 0.15) is 61.6 Å². The maximum Gasteiger partial charge on any atom is 0.127 e. The fourth-order valence-electron chi connectivity index (χ4n) is 5.14. The Balaban J connectivity index is 1.63. The third-order valence-corrected chi connectivity index (χ3v) is 6.87. The Morgan fingerprint density at radius 1 is 0.781 bits per heavy atom. The van der Waals surface area contributed by atoms with Gasteiger partial charge in [0.2, 0.25) is 0 Å². The van der Waals surface area contributed by atoms with E-state index in [9.17, 15) is 5.11 Å². The van der Waals surface area contributed by atoms with Gasteiger partial charge in [-0.3, -0.25) is 0 Å². The number of ether oxygens (including phenoxy) is 1. The van der Waals surface area contributed by atoms with E-state index >= 15 is 0 Å². The molecule has 0 aliphatic heterocycles. The van der Waals surface area contributed by atoms with Gasteiger partial charge in [-0.25, -0.2) is 0 Å². The molecule has 0 spiro atoms. The van der Waals surface area contributed by atoms with Gasteiger partial charge in [-0.15, -0.1) is 0 Å². The number of para-hydroxylation sites is 1. The number of benzene rings is 3. The van der Waals surface area contributed by atoms with Crippen LogP contribution in [0, 0.1) is 0 Å². The van der Waals surface area contributed by atoms with E-state index in [-0.39, 0.29) is 12.0 Å². The highest BCUT2D eigenvalue weighted by Gasteiger charge is 2.40. The smallest absolute Gasteiger partial charge is 0.127 e. The molecule has 1 saturated carbocycles. The van der Waals surface area contributed by atoms with Crippen molar-refractivity contribution in [3.8, 4) is 11.5 Å². The zero-order chi connectivity index (χ0) is 22.4. The fourth-order valence-corrected chi connectivity index (χ4v) is 5.14. The van der Waals surface area contributed by atoms with Crippen molar-refractivity contribution in [2.24, 2.45) is 0 Å². The highest BCUT2D eigenvalue weighted by atomic mass is 16.5. The van der Waals surface area contributed by atoms with Crippen LogP contribution in [0.5, 0.6) is 11.5 Å². The summed E-state index contributed by atoms with van der Waals surface area (Å²) in [4.78, 5) is 2.27. The van der Waals surface area contributed by atoms with Gasteiger partial charge in [0.1, 0.15) is 11.5 Å². The lowest BCUT2D eigenvalue weighted by molar-refractivity contribution is -0.0298. The van der Waals surface area contributed by atoms with Crippen molar-refractivity contribution in [1.82, 2.24) is 4.90 Å². The summed E-state index contributed by atoms with van der Waals surface area (Å²) in [6, 6.07) is 29.1. The average Bonchev–Trinajstić information content (AvgIpc) is 2.81. The van der Waals surface area contributed by atoms with Crippen molar-refractivity contribution in [3.63, 3.8) is 0 Å². The summed E-state index contributed by atoms with van der Waals surface area (Å²) in [5.74, 6) is 1.77. The minimum absolute atomic E-state index is 0.0927. The summed E-state index contributed by atoms with van der Waals surface area (Å²) in [5, 5.41) is 11.8. The van der Waals surface area contributed by atoms with Crippen molar-refractivity contribution < 1.29 is 9.84 Å². The Morgan fingerprint density at radius 2 is 1.38 bits per heavy atom. The van der Waals surface area contributed by atoms with Gasteiger partial charge in [-0.05, 0) is 68.8 Å². The third kappa shape index (κ3) is 5.40. The molecular formula is C29H35NO2. The molecule has 0 amide bonds. The molecule has 0 bridgehead atoms. The molecular weight excluding hydrogens is 394 g/mol. The maximum atomic E-state index is 11.8. The van der Waals surface area contributed by atoms with Gasteiger partial charge in [0.15, 0.2) is 0 Å². The van der Waals surface area contributed by atoms with Crippen LogP contribution in [0.3, 0.4) is 0 Å². The summed E-state index contributed by atoms with van der Waals surface area (Å²) in [7, 11) is 4.25. The van der Waals surface area contributed by atoms with Gasteiger partial charge in [-0.2, -0.15) is 0 Å². The van der Waals surface area contributed by atoms with Gasteiger partial charge >= 0.3 is 0 Å². The Labute approximate surface area is 192 Å². The lowest BCUT2D eigenvalue weighted by Crippen LogP contribution is -2.40. The van der Waals surface area contributed by atoms with E-state index in [2.05, 4.69) is 67.5 Å². The van der Waals surface area contributed by atoms with Crippen LogP contribution in [0.25, 0.3) is 0 Å². The number of rotatable bonds is 8. The van der Waals surface area contributed by atoms with Gasteiger partial charge < -0.3 is 14.7 Å². The summed E-state index contributed by atoms with van der Waals surface area (Å²) in [6.45, 7) is 0. The lowest BCUT2D eigenvalue weighted by atomic mass is 9.70. The van der Waals surface area contributed by atoms with E-state index in [1.165, 1.54) is 17.5 Å². The number of hydrogen-bond donors (Lipinski definition) is 1. The van der Waals surface area contributed by atoms with Crippen LogP contribution >= 0.6 is 0 Å². The first-order valence-corrected chi connectivity index (χ1v) is 11.8. The average molecular weight is 430 g/mol. The van der Waals surface area contributed by atoms with E-state index in [1.54, 1.807) is 0 Å². The van der Waals surface area contributed by atoms with Crippen LogP contribution in [-0.2, 0) is 0 Å². The minimum atomic E-state index is -0.647. The molecule has 3 aromatic rings. The molecule has 168 valence electrons. The lowest BCUT2D eigenvalue weighted by Gasteiger charge is -2.42. The standard InChI is InChI=1S/C29H35NO2/c1-30(2)28(24-15-12-18-26(21-24)32-25-16-8-4-9-17-25)22-27(23-13-6-3-7-14-23)29(31)19-10-5-11-20-29/h3-4,6-9,12-18,21,27-28,31H,5,10-11,19-20,22H2,1-2H3. The number of aliphatic hydroxyl groups is 1. The SMILES string of the molecule is CN(C)C(CC(c1ccccc1)C1(O)CCCCC1)c1cccc(Oc2ccccc2)c1. The van der Waals surface area contributed by atoms with E-state index in [1.807, 2.05) is 36.4 Å². The van der Waals surface area contributed by atoms with Gasteiger partial charge in [0.25, 0.3) is 0 Å². The van der Waals surface area contributed by atoms with Crippen LogP contribution in [0.4, 0.5) is 0 Å². The molecule has 0 heterocycles. The Morgan fingerprint density at radius 3 is 2.03 bits per heavy atom. The van der Waals surface area contributed by atoms with E-state index in [0.29, 0.717) is 0 Å². The molecule has 4 rings (SSSR count). The molecule has 32 heavy (non-hydrogen) atoms. The summed E-state index contributed by atoms with van der Waals surface area (Å²) in [5.41, 5.74) is 1.80. The van der Waals surface area contributed by atoms with Gasteiger partial charge in [0, 0.05) is 12.0 Å². The normalized spacial score (nSPS) is 17.6. The second-order valence-electron chi connectivity index (χ2n) is 9.33. The molecule has 1 N–H and O–H groups in total. The number of nitrogens with zero attached hydrogens (tertiary/aromatic N) is 1. The monoisotopic (exact) mass is 429 g/mol. The first-order valence-electron chi connectivity index (χ1n) is 11.8.